The summed E-state index contributed by atoms with van der Waals surface area (Å²) in [6, 6.07) is 15.7. The Bertz CT molecular complexity index is 1520. The van der Waals surface area contributed by atoms with Gasteiger partial charge < -0.3 is 15.4 Å². The maximum atomic E-state index is 13.1. The van der Waals surface area contributed by atoms with E-state index in [9.17, 15) is 18.0 Å². The van der Waals surface area contributed by atoms with Gasteiger partial charge in [0.15, 0.2) is 12.8 Å². The van der Waals surface area contributed by atoms with E-state index in [-0.39, 0.29) is 11.6 Å². The smallest absolute Gasteiger partial charge is 0.422 e. The highest BCUT2D eigenvalue weighted by Gasteiger charge is 2.29. The maximum absolute atomic E-state index is 13.1. The molecular weight excluding hydrogens is 517 g/mol. The van der Waals surface area contributed by atoms with Gasteiger partial charge in [-0.05, 0) is 53.8 Å². The number of aliphatic imine (C=N–C) groups is 1. The van der Waals surface area contributed by atoms with Crippen LogP contribution >= 0.6 is 11.3 Å². The fourth-order valence-corrected chi connectivity index (χ4v) is 4.29. The minimum atomic E-state index is -4.60. The Kier molecular flexibility index (Phi) is 8.08. The summed E-state index contributed by atoms with van der Waals surface area (Å²) in [4.78, 5) is 21.9. The number of alkyl halides is 3. The Morgan fingerprint density at radius 2 is 2.00 bits per heavy atom. The number of benzene rings is 2. The van der Waals surface area contributed by atoms with Crippen molar-refractivity contribution in [2.24, 2.45) is 4.99 Å². The summed E-state index contributed by atoms with van der Waals surface area (Å²) in [6.45, 7) is 0.553. The fourth-order valence-electron chi connectivity index (χ4n) is 3.52. The highest BCUT2D eigenvalue weighted by molar-refractivity contribution is 7.12. The molecule has 8 nitrogen and oxygen atoms in total. The molecule has 4 aromatic rings. The normalized spacial score (nSPS) is 11.6. The SMILES string of the molecule is Cc1ccc(NC(=O)c2sccc2NCc2ccnc3ccccc23)cc1N=C(NC#N)OCC(F)(F)F. The van der Waals surface area contributed by atoms with E-state index in [4.69, 9.17) is 5.26 Å². The number of amidine groups is 1. The lowest BCUT2D eigenvalue weighted by Gasteiger charge is -2.12. The number of rotatable bonds is 7. The van der Waals surface area contributed by atoms with E-state index in [0.717, 1.165) is 16.5 Å². The van der Waals surface area contributed by atoms with Crippen LogP contribution in [0.3, 0.4) is 0 Å². The van der Waals surface area contributed by atoms with Gasteiger partial charge in [0.1, 0.15) is 4.88 Å². The number of carbonyl (C=O) groups is 1. The van der Waals surface area contributed by atoms with Gasteiger partial charge in [-0.2, -0.15) is 23.4 Å². The van der Waals surface area contributed by atoms with Crippen molar-refractivity contribution >= 4 is 51.2 Å². The van der Waals surface area contributed by atoms with Gasteiger partial charge in [0, 0.05) is 23.8 Å². The van der Waals surface area contributed by atoms with E-state index in [0.29, 0.717) is 28.4 Å². The summed E-state index contributed by atoms with van der Waals surface area (Å²) < 4.78 is 42.2. The van der Waals surface area contributed by atoms with Gasteiger partial charge in [-0.25, -0.2) is 5.32 Å². The lowest BCUT2D eigenvalue weighted by atomic mass is 10.1. The highest BCUT2D eigenvalue weighted by Crippen LogP contribution is 2.28. The van der Waals surface area contributed by atoms with Crippen LogP contribution in [-0.4, -0.2) is 29.7 Å². The number of hydrogen-bond acceptors (Lipinski definition) is 7. The summed E-state index contributed by atoms with van der Waals surface area (Å²) in [7, 11) is 0. The monoisotopic (exact) mass is 538 g/mol. The van der Waals surface area contributed by atoms with Gasteiger partial charge in [0.25, 0.3) is 5.91 Å². The van der Waals surface area contributed by atoms with Crippen LogP contribution in [0.15, 0.2) is 71.2 Å². The van der Waals surface area contributed by atoms with Crippen molar-refractivity contribution in [3.8, 4) is 6.19 Å². The van der Waals surface area contributed by atoms with Crippen LogP contribution in [0, 0.1) is 18.4 Å². The Morgan fingerprint density at radius 1 is 1.18 bits per heavy atom. The third kappa shape index (κ3) is 6.77. The number of aromatic nitrogens is 1. The number of anilines is 2. The molecule has 2 aromatic carbocycles. The zero-order chi connectivity index (χ0) is 27.1. The van der Waals surface area contributed by atoms with Gasteiger partial charge in [-0.1, -0.05) is 24.3 Å². The molecule has 0 spiro atoms. The molecule has 0 radical (unpaired) electrons. The molecular formula is C26H21F3N6O2S. The van der Waals surface area contributed by atoms with Crippen LogP contribution in [0.1, 0.15) is 20.8 Å². The first-order chi connectivity index (χ1) is 18.2. The number of thiophene rings is 1. The molecule has 0 saturated heterocycles. The molecule has 38 heavy (non-hydrogen) atoms. The molecule has 12 heteroatoms. The largest absolute Gasteiger partial charge is 0.455 e. The topological polar surface area (TPSA) is 111 Å². The Labute approximate surface area is 219 Å². The molecule has 194 valence electrons. The minimum absolute atomic E-state index is 0.219. The summed E-state index contributed by atoms with van der Waals surface area (Å²) >= 11 is 1.26. The summed E-state index contributed by atoms with van der Waals surface area (Å²) in [6.07, 6.45) is -1.36. The van der Waals surface area contributed by atoms with Crippen LogP contribution < -0.4 is 16.0 Å². The Hall–Kier alpha value is -4.63. The number of nitriles is 1. The van der Waals surface area contributed by atoms with E-state index in [1.54, 1.807) is 30.6 Å². The van der Waals surface area contributed by atoms with Crippen molar-refractivity contribution < 1.29 is 22.7 Å². The number of ether oxygens (including phenoxy) is 1. The van der Waals surface area contributed by atoms with Crippen molar-refractivity contribution in [3.63, 3.8) is 0 Å². The molecule has 2 heterocycles. The standard InChI is InChI=1S/C26H21F3N6O2S/c1-16-6-7-18(12-22(16)35-25(33-15-30)37-14-26(27,28)29)34-24(36)23-21(9-11-38-23)32-13-17-8-10-31-20-5-3-2-4-19(17)20/h2-12,32H,13-14H2,1H3,(H,33,35)(H,34,36). The average molecular weight is 539 g/mol. The molecule has 2 aromatic heterocycles. The molecule has 0 unspecified atom stereocenters. The molecule has 0 saturated carbocycles. The number of carbonyl (C=O) groups excluding carboxylic acids is 1. The van der Waals surface area contributed by atoms with E-state index in [2.05, 4.69) is 25.3 Å². The fraction of sp³-hybridized carbons (Fsp3) is 0.154. The number of halogens is 3. The Balaban J connectivity index is 1.48. The quantitative estimate of drug-likeness (QED) is 0.113. The lowest BCUT2D eigenvalue weighted by Crippen LogP contribution is -2.27. The van der Waals surface area contributed by atoms with Gasteiger partial charge >= 0.3 is 12.2 Å². The number of pyridine rings is 1. The molecule has 0 aliphatic carbocycles. The van der Waals surface area contributed by atoms with Crippen LogP contribution in [0.4, 0.5) is 30.2 Å². The number of hydrogen-bond donors (Lipinski definition) is 3. The first kappa shape index (κ1) is 26.4. The van der Waals surface area contributed by atoms with E-state index >= 15 is 0 Å². The van der Waals surface area contributed by atoms with Gasteiger partial charge in [0.05, 0.1) is 16.9 Å². The third-order valence-corrected chi connectivity index (χ3v) is 6.22. The summed E-state index contributed by atoms with van der Waals surface area (Å²) in [5.74, 6) is -0.371. The molecule has 0 fully saturated rings. The number of nitrogens with one attached hydrogen (secondary N) is 3. The summed E-state index contributed by atoms with van der Waals surface area (Å²) in [5, 5.41) is 19.7. The zero-order valence-electron chi connectivity index (χ0n) is 20.0. The number of amides is 1. The average Bonchev–Trinajstić information content (AvgIpc) is 3.36. The predicted octanol–water partition coefficient (Wildman–Crippen LogP) is 6.11. The van der Waals surface area contributed by atoms with Crippen LogP contribution in [0.25, 0.3) is 10.9 Å². The molecule has 0 aliphatic heterocycles. The zero-order valence-corrected chi connectivity index (χ0v) is 20.8. The number of aryl methyl sites for hydroxylation is 1. The molecule has 3 N–H and O–H groups in total. The second-order valence-corrected chi connectivity index (χ2v) is 8.93. The van der Waals surface area contributed by atoms with Gasteiger partial charge in [-0.3, -0.25) is 9.78 Å². The van der Waals surface area contributed by atoms with Crippen LogP contribution in [0.5, 0.6) is 0 Å². The summed E-state index contributed by atoms with van der Waals surface area (Å²) in [5.41, 5.74) is 3.75. The first-order valence-corrected chi connectivity index (χ1v) is 12.1. The van der Waals surface area contributed by atoms with E-state index < -0.39 is 18.8 Å². The van der Waals surface area contributed by atoms with E-state index in [1.807, 2.05) is 41.7 Å². The van der Waals surface area contributed by atoms with E-state index in [1.165, 1.54) is 23.6 Å². The first-order valence-electron chi connectivity index (χ1n) is 11.2. The maximum Gasteiger partial charge on any atom is 0.422 e. The second kappa shape index (κ2) is 11.6. The molecule has 0 bridgehead atoms. The third-order valence-electron chi connectivity index (χ3n) is 5.30. The molecule has 1 amide bonds. The minimum Gasteiger partial charge on any atom is -0.455 e. The van der Waals surface area contributed by atoms with Crippen molar-refractivity contribution in [1.82, 2.24) is 10.3 Å². The molecule has 0 atom stereocenters. The van der Waals surface area contributed by atoms with Gasteiger partial charge in [-0.15, -0.1) is 11.3 Å². The van der Waals surface area contributed by atoms with Crippen molar-refractivity contribution in [3.05, 3.63) is 82.2 Å². The van der Waals surface area contributed by atoms with Crippen molar-refractivity contribution in [2.45, 2.75) is 19.6 Å². The van der Waals surface area contributed by atoms with Crippen LogP contribution in [-0.2, 0) is 11.3 Å². The molecule has 0 aliphatic rings. The number of nitrogens with zero attached hydrogens (tertiary/aromatic N) is 3. The van der Waals surface area contributed by atoms with Crippen LogP contribution in [0.2, 0.25) is 0 Å². The molecule has 4 rings (SSSR count). The highest BCUT2D eigenvalue weighted by atomic mass is 32.1. The lowest BCUT2D eigenvalue weighted by molar-refractivity contribution is -0.156. The number of para-hydroxylation sites is 1. The van der Waals surface area contributed by atoms with Crippen molar-refractivity contribution in [2.75, 3.05) is 17.2 Å². The predicted molar refractivity (Wildman–Crippen MR) is 140 cm³/mol. The second-order valence-electron chi connectivity index (χ2n) is 8.02. The number of fused-ring (bicyclic) bond motifs is 1. The Morgan fingerprint density at radius 3 is 2.79 bits per heavy atom. The van der Waals surface area contributed by atoms with Gasteiger partial charge in [0.2, 0.25) is 0 Å². The van der Waals surface area contributed by atoms with Crippen molar-refractivity contribution in [1.29, 1.82) is 5.26 Å².